The van der Waals surface area contributed by atoms with Crippen molar-refractivity contribution in [3.05, 3.63) is 65.7 Å². The molecule has 0 unspecified atom stereocenters. The number of hydrogen-bond acceptors (Lipinski definition) is 2. The molecule has 0 spiro atoms. The number of aliphatic hydroxyl groups is 1. The van der Waals surface area contributed by atoms with Crippen molar-refractivity contribution in [3.63, 3.8) is 0 Å². The molecule has 1 atom stereocenters. The van der Waals surface area contributed by atoms with Crippen LogP contribution in [0.3, 0.4) is 0 Å². The molecule has 3 rings (SSSR count). The quantitative estimate of drug-likeness (QED) is 0.941. The van der Waals surface area contributed by atoms with Crippen LogP contribution in [0.1, 0.15) is 25.0 Å². The van der Waals surface area contributed by atoms with Gasteiger partial charge in [-0.2, -0.15) is 0 Å². The van der Waals surface area contributed by atoms with Crippen molar-refractivity contribution in [2.24, 2.45) is 5.92 Å². The fraction of sp³-hybridized carbons (Fsp3) is 0.316. The van der Waals surface area contributed by atoms with E-state index in [4.69, 9.17) is 0 Å². The number of para-hydroxylation sites is 1. The van der Waals surface area contributed by atoms with Crippen LogP contribution in [0.4, 0.5) is 5.69 Å². The summed E-state index contributed by atoms with van der Waals surface area (Å²) in [5, 5.41) is 10.0. The molecule has 3 heteroatoms. The second-order valence-electron chi connectivity index (χ2n) is 6.18. The zero-order valence-electron chi connectivity index (χ0n) is 13.0. The fourth-order valence-corrected chi connectivity index (χ4v) is 3.37. The number of amides is 1. The van der Waals surface area contributed by atoms with Gasteiger partial charge in [-0.1, -0.05) is 62.4 Å². The molecule has 0 saturated heterocycles. The maximum Gasteiger partial charge on any atom is 0.240 e. The number of carbonyl (C=O) groups excluding carboxylic acids is 1. The molecule has 1 N–H and O–H groups in total. The summed E-state index contributed by atoms with van der Waals surface area (Å²) in [6.07, 6.45) is 0. The van der Waals surface area contributed by atoms with Gasteiger partial charge in [0, 0.05) is 5.69 Å². The molecular formula is C19H21NO2. The van der Waals surface area contributed by atoms with Gasteiger partial charge in [-0.05, 0) is 23.1 Å². The van der Waals surface area contributed by atoms with Gasteiger partial charge >= 0.3 is 0 Å². The fourth-order valence-electron chi connectivity index (χ4n) is 3.37. The van der Waals surface area contributed by atoms with E-state index in [0.29, 0.717) is 6.54 Å². The molecule has 0 aromatic heterocycles. The summed E-state index contributed by atoms with van der Waals surface area (Å²) in [6.45, 7) is 4.37. The van der Waals surface area contributed by atoms with Crippen molar-refractivity contribution in [3.8, 4) is 0 Å². The number of hydrogen-bond donors (Lipinski definition) is 1. The van der Waals surface area contributed by atoms with Crippen molar-refractivity contribution in [2.45, 2.75) is 25.8 Å². The molecule has 3 nitrogen and oxygen atoms in total. The molecule has 0 aliphatic carbocycles. The molecule has 2 aromatic rings. The Labute approximate surface area is 131 Å². The standard InChI is InChI=1S/C19H21NO2/c1-14(2)19(13-21)16-10-6-7-11-17(16)20(18(19)22)12-15-8-4-3-5-9-15/h3-11,14,21H,12-13H2,1-2H3/t19-/m1/s1. The first kappa shape index (κ1) is 14.8. The Kier molecular flexibility index (Phi) is 3.75. The van der Waals surface area contributed by atoms with Crippen LogP contribution < -0.4 is 4.90 Å². The number of aliphatic hydroxyl groups excluding tert-OH is 1. The molecule has 1 aliphatic rings. The van der Waals surface area contributed by atoms with Crippen molar-refractivity contribution in [1.82, 2.24) is 0 Å². The van der Waals surface area contributed by atoms with Crippen LogP contribution in [0.5, 0.6) is 0 Å². The highest BCUT2D eigenvalue weighted by molar-refractivity contribution is 6.08. The molecule has 1 heterocycles. The highest BCUT2D eigenvalue weighted by Gasteiger charge is 2.52. The van der Waals surface area contributed by atoms with Gasteiger partial charge in [0.2, 0.25) is 5.91 Å². The third kappa shape index (κ3) is 2.04. The van der Waals surface area contributed by atoms with E-state index < -0.39 is 5.41 Å². The zero-order valence-corrected chi connectivity index (χ0v) is 13.0. The lowest BCUT2D eigenvalue weighted by Crippen LogP contribution is -2.46. The molecule has 1 aliphatic heterocycles. The van der Waals surface area contributed by atoms with Crippen LogP contribution in [0, 0.1) is 5.92 Å². The zero-order chi connectivity index (χ0) is 15.7. The molecule has 114 valence electrons. The average Bonchev–Trinajstić information content (AvgIpc) is 2.78. The highest BCUT2D eigenvalue weighted by atomic mass is 16.3. The predicted molar refractivity (Wildman–Crippen MR) is 87.7 cm³/mol. The lowest BCUT2D eigenvalue weighted by molar-refractivity contribution is -0.126. The minimum absolute atomic E-state index is 0.00458. The highest BCUT2D eigenvalue weighted by Crippen LogP contribution is 2.46. The summed E-state index contributed by atoms with van der Waals surface area (Å²) in [7, 11) is 0. The monoisotopic (exact) mass is 295 g/mol. The van der Waals surface area contributed by atoms with E-state index in [-0.39, 0.29) is 18.4 Å². The number of benzene rings is 2. The predicted octanol–water partition coefficient (Wildman–Crippen LogP) is 3.12. The Morgan fingerprint density at radius 1 is 1.05 bits per heavy atom. The number of anilines is 1. The maximum atomic E-state index is 13.1. The van der Waals surface area contributed by atoms with Crippen molar-refractivity contribution < 1.29 is 9.90 Å². The first-order chi connectivity index (χ1) is 10.6. The second kappa shape index (κ2) is 5.58. The molecule has 0 saturated carbocycles. The van der Waals surface area contributed by atoms with Gasteiger partial charge in [-0.25, -0.2) is 0 Å². The van der Waals surface area contributed by atoms with Crippen molar-refractivity contribution in [1.29, 1.82) is 0 Å². The first-order valence-corrected chi connectivity index (χ1v) is 7.67. The summed E-state index contributed by atoms with van der Waals surface area (Å²) in [4.78, 5) is 14.9. The molecule has 0 radical (unpaired) electrons. The normalized spacial score (nSPS) is 20.5. The molecule has 1 amide bonds. The van der Waals surface area contributed by atoms with E-state index in [1.54, 1.807) is 4.90 Å². The number of carbonyl (C=O) groups is 1. The van der Waals surface area contributed by atoms with Gasteiger partial charge in [-0.15, -0.1) is 0 Å². The van der Waals surface area contributed by atoms with E-state index in [1.165, 1.54) is 0 Å². The molecule has 22 heavy (non-hydrogen) atoms. The third-order valence-corrected chi connectivity index (χ3v) is 4.72. The van der Waals surface area contributed by atoms with Gasteiger partial charge < -0.3 is 10.0 Å². The number of nitrogens with zero attached hydrogens (tertiary/aromatic N) is 1. The van der Waals surface area contributed by atoms with E-state index >= 15 is 0 Å². The van der Waals surface area contributed by atoms with E-state index in [9.17, 15) is 9.90 Å². The average molecular weight is 295 g/mol. The Balaban J connectivity index is 2.08. The topological polar surface area (TPSA) is 40.5 Å². The summed E-state index contributed by atoms with van der Waals surface area (Å²) >= 11 is 0. The summed E-state index contributed by atoms with van der Waals surface area (Å²) in [6, 6.07) is 17.8. The smallest absolute Gasteiger partial charge is 0.240 e. The number of rotatable bonds is 4. The van der Waals surface area contributed by atoms with Crippen LogP contribution in [-0.4, -0.2) is 17.6 Å². The maximum absolute atomic E-state index is 13.1. The summed E-state index contributed by atoms with van der Waals surface area (Å²) < 4.78 is 0. The van der Waals surface area contributed by atoms with Crippen LogP contribution in [0.15, 0.2) is 54.6 Å². The molecular weight excluding hydrogens is 274 g/mol. The summed E-state index contributed by atoms with van der Waals surface area (Å²) in [5.41, 5.74) is 2.11. The molecule has 2 aromatic carbocycles. The number of fused-ring (bicyclic) bond motifs is 1. The lowest BCUT2D eigenvalue weighted by Gasteiger charge is -2.30. The van der Waals surface area contributed by atoms with E-state index in [0.717, 1.165) is 16.8 Å². The van der Waals surface area contributed by atoms with E-state index in [2.05, 4.69) is 0 Å². The minimum Gasteiger partial charge on any atom is -0.395 e. The Morgan fingerprint density at radius 2 is 1.68 bits per heavy atom. The van der Waals surface area contributed by atoms with Gasteiger partial charge in [0.15, 0.2) is 0 Å². The van der Waals surface area contributed by atoms with Gasteiger partial charge in [-0.3, -0.25) is 4.79 Å². The lowest BCUT2D eigenvalue weighted by atomic mass is 9.73. The SMILES string of the molecule is CC(C)[C@@]1(CO)C(=O)N(Cc2ccccc2)c2ccccc21. The van der Waals surface area contributed by atoms with Gasteiger partial charge in [0.25, 0.3) is 0 Å². The van der Waals surface area contributed by atoms with E-state index in [1.807, 2.05) is 68.4 Å². The summed E-state index contributed by atoms with van der Waals surface area (Å²) in [5.74, 6) is 0.0296. The van der Waals surface area contributed by atoms with Crippen LogP contribution in [-0.2, 0) is 16.8 Å². The van der Waals surface area contributed by atoms with Crippen LogP contribution in [0.2, 0.25) is 0 Å². The Morgan fingerprint density at radius 3 is 2.32 bits per heavy atom. The first-order valence-electron chi connectivity index (χ1n) is 7.67. The van der Waals surface area contributed by atoms with Crippen molar-refractivity contribution in [2.75, 3.05) is 11.5 Å². The second-order valence-corrected chi connectivity index (χ2v) is 6.18. The third-order valence-electron chi connectivity index (χ3n) is 4.72. The van der Waals surface area contributed by atoms with Gasteiger partial charge in [0.05, 0.1) is 13.2 Å². The Bertz CT molecular complexity index is 681. The largest absolute Gasteiger partial charge is 0.395 e. The van der Waals surface area contributed by atoms with Crippen molar-refractivity contribution >= 4 is 11.6 Å². The van der Waals surface area contributed by atoms with Crippen LogP contribution in [0.25, 0.3) is 0 Å². The minimum atomic E-state index is -0.828. The molecule has 0 bridgehead atoms. The van der Waals surface area contributed by atoms with Crippen LogP contribution >= 0.6 is 0 Å². The molecule has 0 fully saturated rings. The Hall–Kier alpha value is -2.13. The van der Waals surface area contributed by atoms with Gasteiger partial charge in [0.1, 0.15) is 5.41 Å².